The van der Waals surface area contributed by atoms with E-state index in [-0.39, 0.29) is 5.82 Å². The Morgan fingerprint density at radius 2 is 1.78 bits per heavy atom. The molecule has 0 aliphatic heterocycles. The van der Waals surface area contributed by atoms with Gasteiger partial charge in [-0.25, -0.2) is 9.55 Å². The highest BCUT2D eigenvalue weighted by Crippen LogP contribution is 2.21. The highest BCUT2D eigenvalue weighted by molar-refractivity contribution is 5.85. The Kier molecular flexibility index (Phi) is 4.53. The van der Waals surface area contributed by atoms with Crippen LogP contribution in [0.2, 0.25) is 0 Å². The second-order valence-electron chi connectivity index (χ2n) is 6.21. The van der Waals surface area contributed by atoms with Crippen LogP contribution in [-0.2, 0) is 13.2 Å². The number of imidazole rings is 1. The largest absolute Gasteiger partial charge is 0.489 e. The number of aromatic nitrogens is 2. The van der Waals surface area contributed by atoms with Gasteiger partial charge in [-0.05, 0) is 39.0 Å². The van der Waals surface area contributed by atoms with Crippen LogP contribution in [-0.4, -0.2) is 14.5 Å². The standard InChI is InChI=1S/C21H17N3O3/c25-24(26)21-12-22-15-23(21)13-16-8-10-19(11-9-16)27-14-18-6-3-5-17-4-1-2-7-20(17)18/h1-12,15H,13-14H2. The minimum absolute atomic E-state index is 0.0220. The second-order valence-corrected chi connectivity index (χ2v) is 6.21. The minimum Gasteiger partial charge on any atom is -0.489 e. The van der Waals surface area contributed by atoms with Crippen molar-refractivity contribution in [2.24, 2.45) is 0 Å². The molecule has 0 atom stereocenters. The summed E-state index contributed by atoms with van der Waals surface area (Å²) >= 11 is 0. The molecule has 0 aliphatic rings. The van der Waals surface area contributed by atoms with Gasteiger partial charge in [-0.2, -0.15) is 0 Å². The van der Waals surface area contributed by atoms with Gasteiger partial charge in [-0.1, -0.05) is 54.6 Å². The molecule has 0 fully saturated rings. The van der Waals surface area contributed by atoms with Crippen LogP contribution in [0, 0.1) is 10.1 Å². The molecule has 4 rings (SSSR count). The van der Waals surface area contributed by atoms with Gasteiger partial charge in [0.1, 0.15) is 25.1 Å². The van der Waals surface area contributed by atoms with E-state index in [4.69, 9.17) is 4.74 Å². The van der Waals surface area contributed by atoms with Crippen LogP contribution in [0.5, 0.6) is 5.75 Å². The average molecular weight is 359 g/mol. The smallest absolute Gasteiger partial charge is 0.342 e. The average Bonchev–Trinajstić information content (AvgIpc) is 3.16. The first-order valence-corrected chi connectivity index (χ1v) is 8.53. The number of hydrogen-bond donors (Lipinski definition) is 0. The van der Waals surface area contributed by atoms with Crippen molar-refractivity contribution in [1.29, 1.82) is 0 Å². The van der Waals surface area contributed by atoms with Gasteiger partial charge >= 0.3 is 5.82 Å². The van der Waals surface area contributed by atoms with Crippen molar-refractivity contribution in [3.05, 3.63) is 100 Å². The Hall–Kier alpha value is -3.67. The molecule has 0 aliphatic carbocycles. The fourth-order valence-corrected chi connectivity index (χ4v) is 3.05. The maximum Gasteiger partial charge on any atom is 0.342 e. The van der Waals surface area contributed by atoms with Gasteiger partial charge in [0, 0.05) is 0 Å². The molecule has 27 heavy (non-hydrogen) atoms. The molecule has 0 radical (unpaired) electrons. The first kappa shape index (κ1) is 16.8. The number of hydrogen-bond acceptors (Lipinski definition) is 4. The molecule has 4 aromatic rings. The molecule has 1 heterocycles. The van der Waals surface area contributed by atoms with E-state index in [0.29, 0.717) is 13.2 Å². The van der Waals surface area contributed by atoms with Gasteiger partial charge in [-0.3, -0.25) is 0 Å². The molecule has 6 heteroatoms. The van der Waals surface area contributed by atoms with E-state index in [1.807, 2.05) is 42.5 Å². The molecular formula is C21H17N3O3. The lowest BCUT2D eigenvalue weighted by atomic mass is 10.1. The van der Waals surface area contributed by atoms with Crippen LogP contribution in [0.1, 0.15) is 11.1 Å². The molecule has 0 saturated heterocycles. The van der Waals surface area contributed by atoms with E-state index in [0.717, 1.165) is 16.9 Å². The third-order valence-corrected chi connectivity index (χ3v) is 4.43. The zero-order chi connectivity index (χ0) is 18.6. The number of ether oxygens (including phenoxy) is 1. The molecule has 0 bridgehead atoms. The topological polar surface area (TPSA) is 70.2 Å². The molecule has 0 unspecified atom stereocenters. The number of fused-ring (bicyclic) bond motifs is 1. The van der Waals surface area contributed by atoms with Crippen LogP contribution >= 0.6 is 0 Å². The maximum absolute atomic E-state index is 11.0. The summed E-state index contributed by atoms with van der Waals surface area (Å²) in [4.78, 5) is 14.4. The lowest BCUT2D eigenvalue weighted by molar-refractivity contribution is -0.392. The summed E-state index contributed by atoms with van der Waals surface area (Å²) in [7, 11) is 0. The van der Waals surface area contributed by atoms with Crippen LogP contribution in [0.25, 0.3) is 10.8 Å². The fourth-order valence-electron chi connectivity index (χ4n) is 3.05. The number of nitrogens with zero attached hydrogens (tertiary/aromatic N) is 3. The first-order valence-electron chi connectivity index (χ1n) is 8.53. The van der Waals surface area contributed by atoms with Gasteiger partial charge in [-0.15, -0.1) is 0 Å². The van der Waals surface area contributed by atoms with Crippen molar-refractivity contribution in [2.75, 3.05) is 0 Å². The summed E-state index contributed by atoms with van der Waals surface area (Å²) in [5.41, 5.74) is 2.07. The van der Waals surface area contributed by atoms with E-state index < -0.39 is 4.92 Å². The first-order chi connectivity index (χ1) is 13.2. The van der Waals surface area contributed by atoms with Crippen molar-refractivity contribution in [2.45, 2.75) is 13.2 Å². The van der Waals surface area contributed by atoms with Crippen molar-refractivity contribution in [3.63, 3.8) is 0 Å². The quantitative estimate of drug-likeness (QED) is 0.373. The lowest BCUT2D eigenvalue weighted by Crippen LogP contribution is -2.03. The molecule has 0 N–H and O–H groups in total. The molecule has 0 saturated carbocycles. The molecule has 134 valence electrons. The van der Waals surface area contributed by atoms with Crippen LogP contribution in [0.4, 0.5) is 5.82 Å². The van der Waals surface area contributed by atoms with E-state index in [9.17, 15) is 10.1 Å². The Labute approximate surface area is 155 Å². The summed E-state index contributed by atoms with van der Waals surface area (Å²) in [6, 6.07) is 22.0. The predicted molar refractivity (Wildman–Crippen MR) is 103 cm³/mol. The van der Waals surface area contributed by atoms with Gasteiger partial charge in [0.2, 0.25) is 0 Å². The van der Waals surface area contributed by atoms with Crippen molar-refractivity contribution in [3.8, 4) is 5.75 Å². The molecule has 3 aromatic carbocycles. The Morgan fingerprint density at radius 3 is 2.59 bits per heavy atom. The zero-order valence-electron chi connectivity index (χ0n) is 14.5. The zero-order valence-corrected chi connectivity index (χ0v) is 14.5. The normalized spacial score (nSPS) is 10.8. The van der Waals surface area contributed by atoms with E-state index >= 15 is 0 Å². The molecule has 1 aromatic heterocycles. The number of nitro groups is 1. The third kappa shape index (κ3) is 3.64. The van der Waals surface area contributed by atoms with Gasteiger partial charge in [0.25, 0.3) is 0 Å². The minimum atomic E-state index is -0.436. The van der Waals surface area contributed by atoms with Crippen molar-refractivity contribution >= 4 is 16.6 Å². The molecular weight excluding hydrogens is 342 g/mol. The highest BCUT2D eigenvalue weighted by Gasteiger charge is 2.13. The van der Waals surface area contributed by atoms with E-state index in [1.54, 1.807) is 0 Å². The predicted octanol–water partition coefficient (Wildman–Crippen LogP) is 4.57. The summed E-state index contributed by atoms with van der Waals surface area (Å²) in [6.45, 7) is 0.869. The highest BCUT2D eigenvalue weighted by atomic mass is 16.6. The lowest BCUT2D eigenvalue weighted by Gasteiger charge is -2.09. The third-order valence-electron chi connectivity index (χ3n) is 4.43. The Balaban J connectivity index is 1.45. The SMILES string of the molecule is O=[N+]([O-])c1cncn1Cc1ccc(OCc2cccc3ccccc23)cc1. The van der Waals surface area contributed by atoms with E-state index in [1.165, 1.54) is 27.9 Å². The molecule has 0 spiro atoms. The second kappa shape index (κ2) is 7.29. The van der Waals surface area contributed by atoms with Crippen LogP contribution in [0.15, 0.2) is 79.3 Å². The summed E-state index contributed by atoms with van der Waals surface area (Å²) < 4.78 is 7.43. The van der Waals surface area contributed by atoms with Gasteiger partial charge in [0.05, 0.1) is 0 Å². The van der Waals surface area contributed by atoms with Crippen LogP contribution in [0.3, 0.4) is 0 Å². The molecule has 0 amide bonds. The number of rotatable bonds is 6. The Morgan fingerprint density at radius 1 is 1.00 bits per heavy atom. The van der Waals surface area contributed by atoms with Crippen molar-refractivity contribution < 1.29 is 9.66 Å². The Bertz CT molecular complexity index is 1080. The summed E-state index contributed by atoms with van der Waals surface area (Å²) in [6.07, 6.45) is 2.71. The molecule has 6 nitrogen and oxygen atoms in total. The maximum atomic E-state index is 11.0. The monoisotopic (exact) mass is 359 g/mol. The van der Waals surface area contributed by atoms with Gasteiger partial charge in [0.15, 0.2) is 6.33 Å². The number of benzene rings is 3. The van der Waals surface area contributed by atoms with Gasteiger partial charge < -0.3 is 14.9 Å². The fraction of sp³-hybridized carbons (Fsp3) is 0.0952. The van der Waals surface area contributed by atoms with E-state index in [2.05, 4.69) is 29.2 Å². The van der Waals surface area contributed by atoms with Crippen LogP contribution < -0.4 is 4.74 Å². The van der Waals surface area contributed by atoms with Crippen molar-refractivity contribution in [1.82, 2.24) is 9.55 Å². The summed E-state index contributed by atoms with van der Waals surface area (Å²) in [5, 5.41) is 13.3. The summed E-state index contributed by atoms with van der Waals surface area (Å²) in [5.74, 6) is 0.734.